The summed E-state index contributed by atoms with van der Waals surface area (Å²) in [6.07, 6.45) is 0.250. The van der Waals surface area contributed by atoms with Crippen molar-refractivity contribution in [2.45, 2.75) is 64.1 Å². The van der Waals surface area contributed by atoms with E-state index < -0.39 is 34.1 Å². The quantitative estimate of drug-likeness (QED) is 0.187. The van der Waals surface area contributed by atoms with E-state index in [2.05, 4.69) is 21.2 Å². The van der Waals surface area contributed by atoms with E-state index >= 15 is 0 Å². The van der Waals surface area contributed by atoms with Crippen molar-refractivity contribution in [1.29, 1.82) is 0 Å². The molecule has 236 valence electrons. The topological polar surface area (TPSA) is 86.8 Å². The maximum absolute atomic E-state index is 14.5. The van der Waals surface area contributed by atoms with Gasteiger partial charge >= 0.3 is 0 Å². The molecule has 1 N–H and O–H groups in total. The zero-order valence-corrected chi connectivity index (χ0v) is 28.7. The number of aryl methyl sites for hydroxylation is 2. The molecule has 0 radical (unpaired) electrons. The van der Waals surface area contributed by atoms with Gasteiger partial charge in [-0.2, -0.15) is 0 Å². The molecule has 0 saturated heterocycles. The van der Waals surface area contributed by atoms with Gasteiger partial charge in [0.2, 0.25) is 11.8 Å². The standard InChI is InChI=1S/C36H40BrN3O4S/c1-26-14-20-32(21-15-26)45(43,44)40(31-13-9-10-27(2)22-31)25-34(41)39(24-29-16-18-30(37)19-17-29)33(35(42)38-36(3,4)5)23-28-11-7-6-8-12-28/h6-22,33H,23-25H2,1-5H3,(H,38,42)/t33-/m0/s1. The fraction of sp³-hybridized carbons (Fsp3) is 0.278. The van der Waals surface area contributed by atoms with Gasteiger partial charge in [0.05, 0.1) is 10.6 Å². The molecule has 0 aromatic heterocycles. The van der Waals surface area contributed by atoms with Crippen LogP contribution in [0.1, 0.15) is 43.0 Å². The predicted octanol–water partition coefficient (Wildman–Crippen LogP) is 6.82. The number of carbonyl (C=O) groups is 2. The number of nitrogens with zero attached hydrogens (tertiary/aromatic N) is 2. The fourth-order valence-corrected chi connectivity index (χ4v) is 6.61. The Morgan fingerprint density at radius 2 is 1.44 bits per heavy atom. The summed E-state index contributed by atoms with van der Waals surface area (Å²) in [5, 5.41) is 3.05. The van der Waals surface area contributed by atoms with Crippen LogP contribution in [-0.2, 0) is 32.6 Å². The third-order valence-electron chi connectivity index (χ3n) is 7.21. The lowest BCUT2D eigenvalue weighted by Gasteiger charge is -2.35. The average Bonchev–Trinajstić information content (AvgIpc) is 2.98. The van der Waals surface area contributed by atoms with Crippen LogP contribution in [0, 0.1) is 13.8 Å². The molecule has 2 amide bonds. The van der Waals surface area contributed by atoms with E-state index in [1.54, 1.807) is 42.5 Å². The molecule has 0 bridgehead atoms. The largest absolute Gasteiger partial charge is 0.350 e. The molecule has 0 spiro atoms. The molecule has 0 aliphatic carbocycles. The van der Waals surface area contributed by atoms with E-state index in [1.165, 1.54) is 4.90 Å². The number of nitrogens with one attached hydrogen (secondary N) is 1. The van der Waals surface area contributed by atoms with Gasteiger partial charge in [-0.25, -0.2) is 8.42 Å². The highest BCUT2D eigenvalue weighted by Crippen LogP contribution is 2.26. The molecule has 0 fully saturated rings. The van der Waals surface area contributed by atoms with Gasteiger partial charge < -0.3 is 10.2 Å². The molecule has 7 nitrogen and oxygen atoms in total. The van der Waals surface area contributed by atoms with E-state index in [0.717, 1.165) is 31.0 Å². The van der Waals surface area contributed by atoms with Gasteiger partial charge in [0.1, 0.15) is 12.6 Å². The summed E-state index contributed by atoms with van der Waals surface area (Å²) in [5.41, 5.74) is 3.26. The van der Waals surface area contributed by atoms with Crippen molar-refractivity contribution in [1.82, 2.24) is 10.2 Å². The normalized spacial score (nSPS) is 12.3. The van der Waals surface area contributed by atoms with Crippen LogP contribution in [0.4, 0.5) is 5.69 Å². The van der Waals surface area contributed by atoms with E-state index in [-0.39, 0.29) is 23.8 Å². The van der Waals surface area contributed by atoms with Crippen LogP contribution in [0.5, 0.6) is 0 Å². The second-order valence-electron chi connectivity index (χ2n) is 12.3. The highest BCUT2D eigenvalue weighted by Gasteiger charge is 2.35. The summed E-state index contributed by atoms with van der Waals surface area (Å²) < 4.78 is 30.3. The molecule has 4 rings (SSSR count). The summed E-state index contributed by atoms with van der Waals surface area (Å²) in [4.78, 5) is 30.1. The van der Waals surface area contributed by atoms with Gasteiger partial charge in [0, 0.05) is 23.0 Å². The van der Waals surface area contributed by atoms with E-state index in [4.69, 9.17) is 0 Å². The molecule has 0 unspecified atom stereocenters. The zero-order valence-electron chi connectivity index (χ0n) is 26.3. The first kappa shape index (κ1) is 33.9. The smallest absolute Gasteiger partial charge is 0.264 e. The molecular weight excluding hydrogens is 650 g/mol. The van der Waals surface area contributed by atoms with Crippen LogP contribution >= 0.6 is 15.9 Å². The number of carbonyl (C=O) groups excluding carboxylic acids is 2. The maximum atomic E-state index is 14.5. The maximum Gasteiger partial charge on any atom is 0.264 e. The minimum Gasteiger partial charge on any atom is -0.350 e. The van der Waals surface area contributed by atoms with Crippen LogP contribution in [0.2, 0.25) is 0 Å². The van der Waals surface area contributed by atoms with Crippen molar-refractivity contribution in [2.75, 3.05) is 10.8 Å². The highest BCUT2D eigenvalue weighted by atomic mass is 79.9. The molecule has 0 saturated carbocycles. The van der Waals surface area contributed by atoms with Crippen LogP contribution in [0.15, 0.2) is 112 Å². The Kier molecular flexibility index (Phi) is 10.9. The average molecular weight is 691 g/mol. The Labute approximate surface area is 275 Å². The number of rotatable bonds is 11. The van der Waals surface area contributed by atoms with Crippen molar-refractivity contribution in [3.8, 4) is 0 Å². The Morgan fingerprint density at radius 3 is 2.04 bits per heavy atom. The van der Waals surface area contributed by atoms with Gasteiger partial charge in [-0.15, -0.1) is 0 Å². The van der Waals surface area contributed by atoms with Crippen molar-refractivity contribution >= 4 is 43.5 Å². The molecule has 0 heterocycles. The van der Waals surface area contributed by atoms with E-state index in [9.17, 15) is 18.0 Å². The lowest BCUT2D eigenvalue weighted by atomic mass is 10.0. The SMILES string of the molecule is Cc1ccc(S(=O)(=O)N(CC(=O)N(Cc2ccc(Br)cc2)[C@@H](Cc2ccccc2)C(=O)NC(C)(C)C)c2cccc(C)c2)cc1. The Hall–Kier alpha value is -3.95. The molecule has 4 aromatic rings. The Bertz CT molecular complexity index is 1720. The van der Waals surface area contributed by atoms with Crippen LogP contribution in [-0.4, -0.2) is 43.3 Å². The lowest BCUT2D eigenvalue weighted by Crippen LogP contribution is -2.56. The van der Waals surface area contributed by atoms with Gasteiger partial charge in [-0.3, -0.25) is 13.9 Å². The predicted molar refractivity (Wildman–Crippen MR) is 183 cm³/mol. The van der Waals surface area contributed by atoms with Gasteiger partial charge in [0.15, 0.2) is 0 Å². The third kappa shape index (κ3) is 9.28. The zero-order chi connectivity index (χ0) is 32.8. The van der Waals surface area contributed by atoms with E-state index in [1.807, 2.05) is 95.3 Å². The second-order valence-corrected chi connectivity index (χ2v) is 15.0. The van der Waals surface area contributed by atoms with Crippen LogP contribution in [0.25, 0.3) is 0 Å². The number of benzene rings is 4. The summed E-state index contributed by atoms with van der Waals surface area (Å²) in [6.45, 7) is 9.02. The second kappa shape index (κ2) is 14.4. The first-order valence-electron chi connectivity index (χ1n) is 14.8. The summed E-state index contributed by atoms with van der Waals surface area (Å²) in [5.74, 6) is -0.819. The molecule has 9 heteroatoms. The minimum absolute atomic E-state index is 0.0770. The number of anilines is 1. The lowest BCUT2D eigenvalue weighted by molar-refractivity contribution is -0.140. The fourth-order valence-electron chi connectivity index (χ4n) is 4.94. The minimum atomic E-state index is -4.15. The van der Waals surface area contributed by atoms with Crippen LogP contribution in [0.3, 0.4) is 0 Å². The number of hydrogen-bond donors (Lipinski definition) is 1. The first-order chi connectivity index (χ1) is 21.2. The summed E-state index contributed by atoms with van der Waals surface area (Å²) >= 11 is 3.46. The first-order valence-corrected chi connectivity index (χ1v) is 17.0. The monoisotopic (exact) mass is 689 g/mol. The van der Waals surface area contributed by atoms with E-state index in [0.29, 0.717) is 5.69 Å². The molecule has 1 atom stereocenters. The Morgan fingerprint density at radius 1 is 0.800 bits per heavy atom. The number of amides is 2. The highest BCUT2D eigenvalue weighted by molar-refractivity contribution is 9.10. The van der Waals surface area contributed by atoms with Crippen LogP contribution < -0.4 is 9.62 Å². The molecule has 4 aromatic carbocycles. The molecule has 45 heavy (non-hydrogen) atoms. The number of sulfonamides is 1. The summed E-state index contributed by atoms with van der Waals surface area (Å²) in [7, 11) is -4.15. The van der Waals surface area contributed by atoms with Gasteiger partial charge in [0.25, 0.3) is 10.0 Å². The molecular formula is C36H40BrN3O4S. The molecule has 0 aliphatic heterocycles. The van der Waals surface area contributed by atoms with Crippen molar-refractivity contribution in [2.24, 2.45) is 0 Å². The van der Waals surface area contributed by atoms with Crippen molar-refractivity contribution < 1.29 is 18.0 Å². The van der Waals surface area contributed by atoms with Gasteiger partial charge in [-0.1, -0.05) is 88.2 Å². The van der Waals surface area contributed by atoms with Crippen molar-refractivity contribution in [3.05, 3.63) is 130 Å². The number of hydrogen-bond acceptors (Lipinski definition) is 4. The number of halogens is 1. The van der Waals surface area contributed by atoms with Crippen molar-refractivity contribution in [3.63, 3.8) is 0 Å². The Balaban J connectivity index is 1.81. The third-order valence-corrected chi connectivity index (χ3v) is 9.53. The summed E-state index contributed by atoms with van der Waals surface area (Å²) in [6, 6.07) is 29.7. The van der Waals surface area contributed by atoms with Gasteiger partial charge in [-0.05, 0) is 87.7 Å². The molecule has 0 aliphatic rings.